The Kier molecular flexibility index (Phi) is 3.14. The Morgan fingerprint density at radius 2 is 2.00 bits per heavy atom. The van der Waals surface area contributed by atoms with Gasteiger partial charge in [-0.25, -0.2) is 0 Å². The molecular formula is C22H20N2O2. The minimum Gasteiger partial charge on any atom is -0.508 e. The number of hydrogen-bond acceptors (Lipinski definition) is 3. The molecule has 4 nitrogen and oxygen atoms in total. The monoisotopic (exact) mass is 344 g/mol. The standard InChI is InChI=1S/C22H20N2O2/c1-2-22-10-9-19(26)20(13-3-5-14(25)6-4-13)21(22)15-7-8-18-17(12-23-24-18)16(15)11-22/h3-8,12,25H,2,9-11H2,1H3,(H,23,24). The van der Waals surface area contributed by atoms with Crippen molar-refractivity contribution in [2.75, 3.05) is 0 Å². The highest BCUT2D eigenvalue weighted by atomic mass is 16.3. The summed E-state index contributed by atoms with van der Waals surface area (Å²) in [5.74, 6) is 0.422. The van der Waals surface area contributed by atoms with E-state index in [9.17, 15) is 9.90 Å². The number of carbonyl (C=O) groups excluding carboxylic acids is 1. The van der Waals surface area contributed by atoms with E-state index in [1.54, 1.807) is 12.1 Å². The van der Waals surface area contributed by atoms with Gasteiger partial charge in [0, 0.05) is 22.8 Å². The van der Waals surface area contributed by atoms with Gasteiger partial charge in [-0.05, 0) is 59.7 Å². The number of hydrogen-bond donors (Lipinski definition) is 2. The van der Waals surface area contributed by atoms with Gasteiger partial charge >= 0.3 is 0 Å². The third-order valence-corrected chi connectivity index (χ3v) is 6.24. The zero-order valence-electron chi connectivity index (χ0n) is 14.7. The van der Waals surface area contributed by atoms with Crippen molar-refractivity contribution in [1.29, 1.82) is 0 Å². The SMILES string of the molecule is CCC12CCC(=O)C(c3ccc(O)cc3)=C1c1ccc3[nH]ncc3c1C2. The number of Topliss-reactive ketones (excluding diaryl/α,β-unsaturated/α-hetero) is 1. The van der Waals surface area contributed by atoms with E-state index in [4.69, 9.17) is 0 Å². The second-order valence-corrected chi connectivity index (χ2v) is 7.45. The maximum absolute atomic E-state index is 13.0. The van der Waals surface area contributed by atoms with Crippen molar-refractivity contribution in [1.82, 2.24) is 10.2 Å². The number of rotatable bonds is 2. The van der Waals surface area contributed by atoms with Crippen molar-refractivity contribution in [2.45, 2.75) is 32.6 Å². The number of ketones is 1. The topological polar surface area (TPSA) is 66.0 Å². The van der Waals surface area contributed by atoms with E-state index < -0.39 is 0 Å². The van der Waals surface area contributed by atoms with Crippen LogP contribution in [-0.4, -0.2) is 21.1 Å². The number of aromatic nitrogens is 2. The molecule has 1 atom stereocenters. The highest BCUT2D eigenvalue weighted by Crippen LogP contribution is 2.58. The number of phenolic OH excluding ortho intramolecular Hbond substituents is 1. The fourth-order valence-corrected chi connectivity index (χ4v) is 4.86. The summed E-state index contributed by atoms with van der Waals surface area (Å²) in [7, 11) is 0. The zero-order chi connectivity index (χ0) is 17.9. The summed E-state index contributed by atoms with van der Waals surface area (Å²) in [6, 6.07) is 11.2. The van der Waals surface area contributed by atoms with Crippen LogP contribution >= 0.6 is 0 Å². The minimum absolute atomic E-state index is 0.00894. The largest absolute Gasteiger partial charge is 0.508 e. The Labute approximate surface area is 151 Å². The van der Waals surface area contributed by atoms with Gasteiger partial charge in [-0.15, -0.1) is 0 Å². The van der Waals surface area contributed by atoms with Crippen molar-refractivity contribution in [3.05, 3.63) is 59.3 Å². The first-order chi connectivity index (χ1) is 12.6. The lowest BCUT2D eigenvalue weighted by atomic mass is 9.67. The summed E-state index contributed by atoms with van der Waals surface area (Å²) in [6.07, 6.45) is 5.34. The van der Waals surface area contributed by atoms with Gasteiger partial charge in [0.15, 0.2) is 5.78 Å². The van der Waals surface area contributed by atoms with Crippen molar-refractivity contribution >= 4 is 27.8 Å². The van der Waals surface area contributed by atoms with Crippen molar-refractivity contribution in [3.8, 4) is 5.75 Å². The Bertz CT molecular complexity index is 1080. The Balaban J connectivity index is 1.85. The van der Waals surface area contributed by atoms with Gasteiger partial charge in [0.1, 0.15) is 5.75 Å². The third-order valence-electron chi connectivity index (χ3n) is 6.24. The first-order valence-electron chi connectivity index (χ1n) is 9.16. The number of nitrogens with one attached hydrogen (secondary N) is 1. The minimum atomic E-state index is 0.00894. The van der Waals surface area contributed by atoms with Gasteiger partial charge in [-0.2, -0.15) is 5.10 Å². The molecular weight excluding hydrogens is 324 g/mol. The second-order valence-electron chi connectivity index (χ2n) is 7.45. The molecule has 0 spiro atoms. The highest BCUT2D eigenvalue weighted by Gasteiger charge is 2.46. The van der Waals surface area contributed by atoms with Crippen molar-refractivity contribution in [2.24, 2.45) is 5.41 Å². The second kappa shape index (κ2) is 5.31. The molecule has 0 saturated heterocycles. The number of allylic oxidation sites excluding steroid dienone is 2. The van der Waals surface area contributed by atoms with Crippen LogP contribution in [0, 0.1) is 5.41 Å². The lowest BCUT2D eigenvalue weighted by Crippen LogP contribution is -2.27. The number of aromatic amines is 1. The molecule has 0 aliphatic heterocycles. The van der Waals surface area contributed by atoms with Crippen molar-refractivity contribution in [3.63, 3.8) is 0 Å². The number of H-pyrrole nitrogens is 1. The number of phenols is 1. The van der Waals surface area contributed by atoms with Crippen LogP contribution in [-0.2, 0) is 11.2 Å². The number of fused-ring (bicyclic) bond motifs is 5. The third kappa shape index (κ3) is 1.96. The number of nitrogens with zero attached hydrogens (tertiary/aromatic N) is 1. The summed E-state index contributed by atoms with van der Waals surface area (Å²) in [4.78, 5) is 13.0. The molecule has 0 saturated carbocycles. The molecule has 5 rings (SSSR count). The molecule has 0 radical (unpaired) electrons. The van der Waals surface area contributed by atoms with E-state index in [0.29, 0.717) is 6.42 Å². The fraction of sp³-hybridized carbons (Fsp3) is 0.273. The van der Waals surface area contributed by atoms with Crippen LogP contribution in [0.2, 0.25) is 0 Å². The van der Waals surface area contributed by atoms with Crippen LogP contribution in [0.5, 0.6) is 5.75 Å². The average Bonchev–Trinajstić information content (AvgIpc) is 3.25. The molecule has 3 aromatic rings. The van der Waals surface area contributed by atoms with E-state index in [1.165, 1.54) is 16.7 Å². The van der Waals surface area contributed by atoms with Gasteiger partial charge < -0.3 is 5.11 Å². The van der Waals surface area contributed by atoms with Gasteiger partial charge in [-0.3, -0.25) is 9.89 Å². The fourth-order valence-electron chi connectivity index (χ4n) is 4.86. The molecule has 0 bridgehead atoms. The van der Waals surface area contributed by atoms with Gasteiger partial charge in [-0.1, -0.05) is 25.1 Å². The molecule has 2 aliphatic rings. The molecule has 1 heterocycles. The highest BCUT2D eigenvalue weighted by molar-refractivity contribution is 6.30. The summed E-state index contributed by atoms with van der Waals surface area (Å²) in [5.41, 5.74) is 6.48. The maximum Gasteiger partial charge on any atom is 0.163 e. The molecule has 130 valence electrons. The van der Waals surface area contributed by atoms with Crippen LogP contribution in [0.1, 0.15) is 42.9 Å². The van der Waals surface area contributed by atoms with Gasteiger partial charge in [0.25, 0.3) is 0 Å². The molecule has 0 fully saturated rings. The maximum atomic E-state index is 13.0. The lowest BCUT2D eigenvalue weighted by Gasteiger charge is -2.35. The first-order valence-corrected chi connectivity index (χ1v) is 9.16. The van der Waals surface area contributed by atoms with Crippen LogP contribution in [0.25, 0.3) is 22.0 Å². The molecule has 0 amide bonds. The van der Waals surface area contributed by atoms with E-state index in [0.717, 1.165) is 41.3 Å². The Morgan fingerprint density at radius 3 is 2.77 bits per heavy atom. The van der Waals surface area contributed by atoms with Crippen LogP contribution < -0.4 is 0 Å². The average molecular weight is 344 g/mol. The molecule has 2 N–H and O–H groups in total. The Morgan fingerprint density at radius 1 is 1.19 bits per heavy atom. The lowest BCUT2D eigenvalue weighted by molar-refractivity contribution is -0.114. The van der Waals surface area contributed by atoms with Crippen LogP contribution in [0.4, 0.5) is 0 Å². The van der Waals surface area contributed by atoms with E-state index >= 15 is 0 Å². The quantitative estimate of drug-likeness (QED) is 0.719. The normalized spacial score (nSPS) is 22.0. The van der Waals surface area contributed by atoms with E-state index in [1.807, 2.05) is 18.3 Å². The summed E-state index contributed by atoms with van der Waals surface area (Å²) in [6.45, 7) is 2.22. The molecule has 2 aromatic carbocycles. The molecule has 26 heavy (non-hydrogen) atoms. The predicted molar refractivity (Wildman–Crippen MR) is 102 cm³/mol. The predicted octanol–water partition coefficient (Wildman–Crippen LogP) is 4.49. The molecule has 1 aromatic heterocycles. The zero-order valence-corrected chi connectivity index (χ0v) is 14.7. The molecule has 4 heteroatoms. The van der Waals surface area contributed by atoms with Crippen LogP contribution in [0.15, 0.2) is 42.6 Å². The number of benzene rings is 2. The summed E-state index contributed by atoms with van der Waals surface area (Å²) >= 11 is 0. The van der Waals surface area contributed by atoms with E-state index in [2.05, 4.69) is 29.3 Å². The van der Waals surface area contributed by atoms with Crippen molar-refractivity contribution < 1.29 is 9.90 Å². The summed E-state index contributed by atoms with van der Waals surface area (Å²) < 4.78 is 0. The Hall–Kier alpha value is -2.88. The van der Waals surface area contributed by atoms with Gasteiger partial charge in [0.2, 0.25) is 0 Å². The first kappa shape index (κ1) is 15.4. The molecule has 1 unspecified atom stereocenters. The number of aromatic hydroxyl groups is 1. The van der Waals surface area contributed by atoms with Crippen LogP contribution in [0.3, 0.4) is 0 Å². The number of carbonyl (C=O) groups is 1. The van der Waals surface area contributed by atoms with E-state index in [-0.39, 0.29) is 16.9 Å². The van der Waals surface area contributed by atoms with Gasteiger partial charge in [0.05, 0.1) is 11.7 Å². The summed E-state index contributed by atoms with van der Waals surface area (Å²) in [5, 5.41) is 18.1. The molecule has 2 aliphatic carbocycles. The smallest absolute Gasteiger partial charge is 0.163 e.